The maximum Gasteiger partial charge on any atom is 0.117 e. The second-order valence-corrected chi connectivity index (χ2v) is 6.33. The Kier molecular flexibility index (Phi) is 3.48. The normalized spacial score (nSPS) is 12.7. The van der Waals surface area contributed by atoms with Crippen molar-refractivity contribution in [2.24, 2.45) is 0 Å². The number of aromatic nitrogens is 2. The second-order valence-electron chi connectivity index (χ2n) is 4.41. The first kappa shape index (κ1) is 12.6. The Morgan fingerprint density at radius 3 is 2.95 bits per heavy atom. The van der Waals surface area contributed by atoms with E-state index in [1.807, 2.05) is 24.4 Å². The molecular weight excluding hydrogens is 274 g/mol. The van der Waals surface area contributed by atoms with Gasteiger partial charge >= 0.3 is 0 Å². The van der Waals surface area contributed by atoms with Crippen molar-refractivity contribution in [3.05, 3.63) is 40.3 Å². The summed E-state index contributed by atoms with van der Waals surface area (Å²) in [5.74, 6) is 0. The highest BCUT2D eigenvalue weighted by Gasteiger charge is 2.13. The van der Waals surface area contributed by atoms with Gasteiger partial charge in [0.15, 0.2) is 0 Å². The summed E-state index contributed by atoms with van der Waals surface area (Å²) in [6, 6.07) is 8.43. The lowest BCUT2D eigenvalue weighted by atomic mass is 10.2. The molecule has 2 aromatic heterocycles. The second kappa shape index (κ2) is 5.27. The van der Waals surface area contributed by atoms with Crippen molar-refractivity contribution < 1.29 is 0 Å². The van der Waals surface area contributed by atoms with Gasteiger partial charge in [-0.2, -0.15) is 4.37 Å². The molecule has 3 aromatic rings. The smallest absolute Gasteiger partial charge is 0.117 e. The van der Waals surface area contributed by atoms with Gasteiger partial charge in [0, 0.05) is 16.5 Å². The van der Waals surface area contributed by atoms with Gasteiger partial charge < -0.3 is 5.32 Å². The topological polar surface area (TPSA) is 37.8 Å². The molecule has 2 heterocycles. The molecule has 5 heteroatoms. The van der Waals surface area contributed by atoms with Crippen molar-refractivity contribution in [1.82, 2.24) is 9.36 Å². The Labute approximate surface area is 120 Å². The van der Waals surface area contributed by atoms with Crippen LogP contribution < -0.4 is 5.32 Å². The summed E-state index contributed by atoms with van der Waals surface area (Å²) in [6.07, 6.45) is 3.02. The van der Waals surface area contributed by atoms with E-state index >= 15 is 0 Å². The zero-order chi connectivity index (χ0) is 13.2. The molecule has 3 rings (SSSR count). The molecule has 0 aliphatic rings. The Morgan fingerprint density at radius 2 is 2.16 bits per heavy atom. The van der Waals surface area contributed by atoms with Gasteiger partial charge in [-0.15, -0.1) is 11.3 Å². The van der Waals surface area contributed by atoms with Gasteiger partial charge in [-0.05, 0) is 37.0 Å². The van der Waals surface area contributed by atoms with Crippen LogP contribution in [0.3, 0.4) is 0 Å². The van der Waals surface area contributed by atoms with Crippen LogP contribution in [0.5, 0.6) is 0 Å². The summed E-state index contributed by atoms with van der Waals surface area (Å²) < 4.78 is 4.45. The third kappa shape index (κ3) is 2.48. The molecule has 0 bridgehead atoms. The maximum absolute atomic E-state index is 4.49. The molecule has 98 valence electrons. The van der Waals surface area contributed by atoms with Gasteiger partial charge in [0.25, 0.3) is 0 Å². The van der Waals surface area contributed by atoms with Gasteiger partial charge in [-0.1, -0.05) is 19.1 Å². The van der Waals surface area contributed by atoms with Gasteiger partial charge in [0.1, 0.15) is 10.0 Å². The van der Waals surface area contributed by atoms with Crippen molar-refractivity contribution in [3.63, 3.8) is 0 Å². The van der Waals surface area contributed by atoms with E-state index in [0.717, 1.165) is 21.9 Å². The van der Waals surface area contributed by atoms with Crippen molar-refractivity contribution in [2.45, 2.75) is 26.3 Å². The number of hydrogen-bond donors (Lipinski definition) is 1. The number of fused-ring (bicyclic) bond motifs is 1. The monoisotopic (exact) mass is 289 g/mol. The molecule has 0 saturated heterocycles. The summed E-state index contributed by atoms with van der Waals surface area (Å²) in [6.45, 7) is 4.30. The van der Waals surface area contributed by atoms with Gasteiger partial charge in [0.05, 0.1) is 11.6 Å². The van der Waals surface area contributed by atoms with Crippen LogP contribution in [0.1, 0.15) is 29.8 Å². The first-order chi connectivity index (χ1) is 9.28. The summed E-state index contributed by atoms with van der Waals surface area (Å²) in [7, 11) is 0. The minimum absolute atomic E-state index is 0.217. The van der Waals surface area contributed by atoms with Crippen LogP contribution in [0.2, 0.25) is 0 Å². The highest BCUT2D eigenvalue weighted by atomic mass is 32.1. The van der Waals surface area contributed by atoms with Crippen LogP contribution in [-0.4, -0.2) is 9.36 Å². The van der Waals surface area contributed by atoms with E-state index in [1.165, 1.54) is 21.8 Å². The number of thiazole rings is 1. The zero-order valence-electron chi connectivity index (χ0n) is 10.9. The molecule has 3 nitrogen and oxygen atoms in total. The zero-order valence-corrected chi connectivity index (χ0v) is 12.5. The minimum Gasteiger partial charge on any atom is -0.366 e. The van der Waals surface area contributed by atoms with Crippen LogP contribution in [-0.2, 0) is 6.42 Å². The average molecular weight is 289 g/mol. The Morgan fingerprint density at radius 1 is 1.32 bits per heavy atom. The summed E-state index contributed by atoms with van der Waals surface area (Å²) in [5.41, 5.74) is 1.05. The molecule has 0 amide bonds. The Hall–Kier alpha value is -1.46. The van der Waals surface area contributed by atoms with Crippen LogP contribution in [0.25, 0.3) is 10.9 Å². The molecule has 0 saturated carbocycles. The number of rotatable bonds is 4. The quantitative estimate of drug-likeness (QED) is 0.769. The summed E-state index contributed by atoms with van der Waals surface area (Å²) in [5, 5.41) is 6.96. The highest BCUT2D eigenvalue weighted by Crippen LogP contribution is 2.31. The molecular formula is C14H15N3S2. The molecule has 1 aromatic carbocycles. The highest BCUT2D eigenvalue weighted by molar-refractivity contribution is 7.12. The van der Waals surface area contributed by atoms with E-state index in [-0.39, 0.29) is 6.04 Å². The molecule has 0 spiro atoms. The number of aryl methyl sites for hydroxylation is 1. The fourth-order valence-electron chi connectivity index (χ4n) is 1.94. The van der Waals surface area contributed by atoms with E-state index in [0.29, 0.717) is 0 Å². The lowest BCUT2D eigenvalue weighted by Crippen LogP contribution is -2.04. The molecule has 1 N–H and O–H groups in total. The van der Waals surface area contributed by atoms with Crippen molar-refractivity contribution in [2.75, 3.05) is 5.32 Å². The number of nitrogens with one attached hydrogen (secondary N) is 1. The van der Waals surface area contributed by atoms with E-state index in [9.17, 15) is 0 Å². The number of nitrogens with zero attached hydrogens (tertiary/aromatic N) is 2. The minimum atomic E-state index is 0.217. The van der Waals surface area contributed by atoms with Crippen molar-refractivity contribution >= 4 is 38.8 Å². The van der Waals surface area contributed by atoms with E-state index in [2.05, 4.69) is 34.6 Å². The first-order valence-corrected chi connectivity index (χ1v) is 7.92. The molecule has 0 radical (unpaired) electrons. The number of hydrogen-bond acceptors (Lipinski definition) is 5. The van der Waals surface area contributed by atoms with Gasteiger partial charge in [0.2, 0.25) is 0 Å². The maximum atomic E-state index is 4.49. The lowest BCUT2D eigenvalue weighted by molar-refractivity contribution is 0.875. The number of anilines is 1. The summed E-state index contributed by atoms with van der Waals surface area (Å²) in [4.78, 5) is 5.82. The van der Waals surface area contributed by atoms with Gasteiger partial charge in [-0.3, -0.25) is 0 Å². The third-order valence-electron chi connectivity index (χ3n) is 3.02. The standard InChI is InChI=1S/C14H15N3S2/c1-3-10-8-15-13(18-10)9(2)16-14-11-6-4-5-7-12(11)17-19-14/h4-9,16H,3H2,1-2H3. The third-order valence-corrected chi connectivity index (χ3v) is 5.15. The first-order valence-electron chi connectivity index (χ1n) is 6.33. The van der Waals surface area contributed by atoms with Crippen LogP contribution >= 0.6 is 22.9 Å². The molecule has 0 aliphatic heterocycles. The number of benzene rings is 1. The fourth-order valence-corrected chi connectivity index (χ4v) is 3.65. The molecule has 19 heavy (non-hydrogen) atoms. The molecule has 0 aliphatic carbocycles. The Balaban J connectivity index is 1.84. The largest absolute Gasteiger partial charge is 0.366 e. The van der Waals surface area contributed by atoms with E-state index < -0.39 is 0 Å². The van der Waals surface area contributed by atoms with Crippen LogP contribution in [0.15, 0.2) is 30.5 Å². The molecule has 1 atom stereocenters. The molecule has 1 unspecified atom stereocenters. The Bertz CT molecular complexity index is 687. The van der Waals surface area contributed by atoms with Gasteiger partial charge in [-0.25, -0.2) is 4.98 Å². The average Bonchev–Trinajstić information content (AvgIpc) is 3.06. The summed E-state index contributed by atoms with van der Waals surface area (Å²) >= 11 is 3.29. The lowest BCUT2D eigenvalue weighted by Gasteiger charge is -2.10. The predicted molar refractivity (Wildman–Crippen MR) is 83.1 cm³/mol. The van der Waals surface area contributed by atoms with Crippen molar-refractivity contribution in [1.29, 1.82) is 0 Å². The predicted octanol–water partition coefficient (Wildman–Crippen LogP) is 4.49. The van der Waals surface area contributed by atoms with Crippen LogP contribution in [0.4, 0.5) is 5.00 Å². The molecule has 0 fully saturated rings. The van der Waals surface area contributed by atoms with E-state index in [1.54, 1.807) is 11.3 Å². The fraction of sp³-hybridized carbons (Fsp3) is 0.286. The van der Waals surface area contributed by atoms with Crippen molar-refractivity contribution in [3.8, 4) is 0 Å². The van der Waals surface area contributed by atoms with Crippen LogP contribution in [0, 0.1) is 0 Å². The van der Waals surface area contributed by atoms with E-state index in [4.69, 9.17) is 0 Å². The SMILES string of the molecule is CCc1cnc(C(C)Nc2snc3ccccc23)s1.